The van der Waals surface area contributed by atoms with Crippen molar-refractivity contribution < 1.29 is 27.8 Å². The molecule has 0 bridgehead atoms. The third kappa shape index (κ3) is 6.33. The molecule has 1 heterocycles. The molecule has 0 saturated heterocycles. The molecular formula is C25H30F2N4O4. The number of halogens is 2. The normalized spacial score (nSPS) is 13.2. The fourth-order valence-electron chi connectivity index (χ4n) is 3.72. The molecule has 1 amide bonds. The van der Waals surface area contributed by atoms with Gasteiger partial charge in [0, 0.05) is 29.1 Å². The second-order valence-electron chi connectivity index (χ2n) is 8.90. The van der Waals surface area contributed by atoms with Crippen molar-refractivity contribution in [1.29, 1.82) is 0 Å². The molecule has 1 aromatic heterocycles. The number of H-pyrrole nitrogens is 1. The van der Waals surface area contributed by atoms with E-state index in [0.29, 0.717) is 24.0 Å². The van der Waals surface area contributed by atoms with Crippen LogP contribution in [-0.2, 0) is 9.53 Å². The van der Waals surface area contributed by atoms with Gasteiger partial charge in [0.1, 0.15) is 18.0 Å². The monoisotopic (exact) mass is 488 g/mol. The number of esters is 1. The van der Waals surface area contributed by atoms with Gasteiger partial charge in [-0.3, -0.25) is 9.89 Å². The zero-order valence-corrected chi connectivity index (χ0v) is 20.4. The Kier molecular flexibility index (Phi) is 8.39. The molecule has 0 aliphatic rings. The Morgan fingerprint density at radius 1 is 1.17 bits per heavy atom. The smallest absolute Gasteiger partial charge is 0.328 e. The molecule has 2 atom stereocenters. The first-order valence-electron chi connectivity index (χ1n) is 11.2. The van der Waals surface area contributed by atoms with E-state index in [9.17, 15) is 18.4 Å². The maximum Gasteiger partial charge on any atom is 0.328 e. The van der Waals surface area contributed by atoms with E-state index in [0.717, 1.165) is 17.5 Å². The number of carbonyl (C=O) groups is 2. The lowest BCUT2D eigenvalue weighted by Crippen LogP contribution is -2.43. The summed E-state index contributed by atoms with van der Waals surface area (Å²) in [6.45, 7) is 4.28. The standard InChI is InChI=1S/C25H30F2N4O4/c1-14(2)23(35-22-7-6-16(26)11-19(22)27)17-10-15-13-28-30-21(15)12-18(17)24(32)29-20(25(33)34-5)8-9-31(3)4/h6-7,10-14,20,23H,8-9H2,1-5H3,(H,28,30)(H,29,32). The number of ether oxygens (including phenoxy) is 2. The van der Waals surface area contributed by atoms with Crippen molar-refractivity contribution in [3.05, 3.63) is 59.3 Å². The predicted molar refractivity (Wildman–Crippen MR) is 127 cm³/mol. The summed E-state index contributed by atoms with van der Waals surface area (Å²) in [6.07, 6.45) is 1.19. The van der Waals surface area contributed by atoms with Gasteiger partial charge < -0.3 is 19.7 Å². The van der Waals surface area contributed by atoms with Crippen LogP contribution in [0.5, 0.6) is 5.75 Å². The topological polar surface area (TPSA) is 96.6 Å². The number of amides is 1. The van der Waals surface area contributed by atoms with Crippen molar-refractivity contribution in [1.82, 2.24) is 20.4 Å². The number of nitrogens with one attached hydrogen (secondary N) is 2. The summed E-state index contributed by atoms with van der Waals surface area (Å²) in [6, 6.07) is 5.55. The lowest BCUT2D eigenvalue weighted by Gasteiger charge is -2.26. The quantitative estimate of drug-likeness (QED) is 0.421. The van der Waals surface area contributed by atoms with Crippen LogP contribution in [0.15, 0.2) is 36.5 Å². The first-order chi connectivity index (χ1) is 16.6. The number of aromatic amines is 1. The minimum absolute atomic E-state index is 0.137. The fraction of sp³-hybridized carbons (Fsp3) is 0.400. The maximum absolute atomic E-state index is 14.4. The van der Waals surface area contributed by atoms with Crippen LogP contribution in [0, 0.1) is 17.6 Å². The van der Waals surface area contributed by atoms with Crippen molar-refractivity contribution in [3.8, 4) is 5.75 Å². The molecule has 0 radical (unpaired) electrons. The van der Waals surface area contributed by atoms with E-state index in [1.165, 1.54) is 13.2 Å². The molecule has 35 heavy (non-hydrogen) atoms. The molecular weight excluding hydrogens is 458 g/mol. The summed E-state index contributed by atoms with van der Waals surface area (Å²) in [4.78, 5) is 27.7. The third-order valence-electron chi connectivity index (χ3n) is 5.57. The van der Waals surface area contributed by atoms with E-state index in [1.54, 1.807) is 18.3 Å². The molecule has 2 N–H and O–H groups in total. The molecule has 188 valence electrons. The predicted octanol–water partition coefficient (Wildman–Crippen LogP) is 3.84. The Labute approximate surface area is 202 Å². The molecule has 0 fully saturated rings. The minimum atomic E-state index is -0.867. The molecule has 3 rings (SSSR count). The van der Waals surface area contributed by atoms with Crippen LogP contribution in [0.3, 0.4) is 0 Å². The molecule has 0 aliphatic carbocycles. The zero-order valence-electron chi connectivity index (χ0n) is 20.4. The summed E-state index contributed by atoms with van der Waals surface area (Å²) in [5, 5.41) is 10.3. The van der Waals surface area contributed by atoms with Crippen LogP contribution in [0.1, 0.15) is 42.3 Å². The average Bonchev–Trinajstić information content (AvgIpc) is 3.27. The number of rotatable bonds is 10. The lowest BCUT2D eigenvalue weighted by atomic mass is 9.92. The average molecular weight is 489 g/mol. The van der Waals surface area contributed by atoms with E-state index in [4.69, 9.17) is 9.47 Å². The summed E-state index contributed by atoms with van der Waals surface area (Å²) in [5.74, 6) is -2.97. The number of fused-ring (bicyclic) bond motifs is 1. The van der Waals surface area contributed by atoms with Gasteiger partial charge in [-0.05, 0) is 50.7 Å². The van der Waals surface area contributed by atoms with Gasteiger partial charge in [0.15, 0.2) is 11.6 Å². The number of nitrogens with zero attached hydrogens (tertiary/aromatic N) is 2. The van der Waals surface area contributed by atoms with Crippen molar-refractivity contribution >= 4 is 22.8 Å². The van der Waals surface area contributed by atoms with Crippen molar-refractivity contribution in [3.63, 3.8) is 0 Å². The highest BCUT2D eigenvalue weighted by Gasteiger charge is 2.29. The summed E-state index contributed by atoms with van der Waals surface area (Å²) in [7, 11) is 4.98. The van der Waals surface area contributed by atoms with E-state index in [-0.39, 0.29) is 17.2 Å². The van der Waals surface area contributed by atoms with Gasteiger partial charge in [-0.15, -0.1) is 0 Å². The van der Waals surface area contributed by atoms with Crippen LogP contribution >= 0.6 is 0 Å². The van der Waals surface area contributed by atoms with Crippen LogP contribution in [0.4, 0.5) is 8.78 Å². The Balaban J connectivity index is 2.02. The largest absolute Gasteiger partial charge is 0.482 e. The molecule has 2 unspecified atom stereocenters. The van der Waals surface area contributed by atoms with E-state index < -0.39 is 35.7 Å². The Morgan fingerprint density at radius 2 is 1.91 bits per heavy atom. The third-order valence-corrected chi connectivity index (χ3v) is 5.57. The van der Waals surface area contributed by atoms with E-state index >= 15 is 0 Å². The highest BCUT2D eigenvalue weighted by atomic mass is 19.1. The number of hydrogen-bond donors (Lipinski definition) is 2. The van der Waals surface area contributed by atoms with Crippen LogP contribution in [-0.4, -0.2) is 60.8 Å². The highest BCUT2D eigenvalue weighted by molar-refractivity contribution is 6.01. The molecule has 0 aliphatic heterocycles. The minimum Gasteiger partial charge on any atom is -0.482 e. The summed E-state index contributed by atoms with van der Waals surface area (Å²) >= 11 is 0. The first-order valence-corrected chi connectivity index (χ1v) is 11.2. The second-order valence-corrected chi connectivity index (χ2v) is 8.90. The number of methoxy groups -OCH3 is 1. The number of hydrogen-bond acceptors (Lipinski definition) is 6. The van der Waals surface area contributed by atoms with Gasteiger partial charge in [0.2, 0.25) is 0 Å². The second kappa shape index (κ2) is 11.3. The fourth-order valence-corrected chi connectivity index (χ4v) is 3.72. The molecule has 0 spiro atoms. The molecule has 2 aromatic carbocycles. The zero-order chi connectivity index (χ0) is 25.7. The van der Waals surface area contributed by atoms with Gasteiger partial charge in [-0.1, -0.05) is 13.8 Å². The van der Waals surface area contributed by atoms with Crippen LogP contribution in [0.25, 0.3) is 10.9 Å². The van der Waals surface area contributed by atoms with Crippen LogP contribution in [0.2, 0.25) is 0 Å². The number of aromatic nitrogens is 2. The van der Waals surface area contributed by atoms with Gasteiger partial charge >= 0.3 is 5.97 Å². The maximum atomic E-state index is 14.4. The Bertz CT molecular complexity index is 1200. The van der Waals surface area contributed by atoms with Crippen LogP contribution < -0.4 is 10.1 Å². The molecule has 8 nitrogen and oxygen atoms in total. The Hall–Kier alpha value is -3.53. The molecule has 10 heteroatoms. The van der Waals surface area contributed by atoms with Crippen molar-refractivity contribution in [2.75, 3.05) is 27.7 Å². The summed E-state index contributed by atoms with van der Waals surface area (Å²) in [5.41, 5.74) is 1.32. The first kappa shape index (κ1) is 26.1. The van der Waals surface area contributed by atoms with Gasteiger partial charge in [0.05, 0.1) is 18.8 Å². The highest BCUT2D eigenvalue weighted by Crippen LogP contribution is 2.34. The SMILES string of the molecule is COC(=O)C(CCN(C)C)NC(=O)c1cc2[nH]ncc2cc1C(Oc1ccc(F)cc1F)C(C)C. The van der Waals surface area contributed by atoms with Crippen molar-refractivity contribution in [2.24, 2.45) is 5.92 Å². The van der Waals surface area contributed by atoms with Gasteiger partial charge in [-0.25, -0.2) is 13.6 Å². The van der Waals surface area contributed by atoms with Gasteiger partial charge in [-0.2, -0.15) is 5.10 Å². The summed E-state index contributed by atoms with van der Waals surface area (Å²) < 4.78 is 38.6. The van der Waals surface area contributed by atoms with Crippen molar-refractivity contribution in [2.45, 2.75) is 32.4 Å². The van der Waals surface area contributed by atoms with E-state index in [1.807, 2.05) is 32.8 Å². The Morgan fingerprint density at radius 3 is 2.54 bits per heavy atom. The number of benzene rings is 2. The van der Waals surface area contributed by atoms with Gasteiger partial charge in [0.25, 0.3) is 5.91 Å². The van der Waals surface area contributed by atoms with E-state index in [2.05, 4.69) is 15.5 Å². The molecule has 0 saturated carbocycles. The number of carbonyl (C=O) groups excluding carboxylic acids is 2. The lowest BCUT2D eigenvalue weighted by molar-refractivity contribution is -0.143. The molecule has 3 aromatic rings.